The molecule has 2 fully saturated rings. The molecule has 4 aliphatic carbocycles. The third kappa shape index (κ3) is 6.84. The fraction of sp³-hybridized carbons (Fsp3) is 0.647. The van der Waals surface area contributed by atoms with Crippen LogP contribution in [0, 0.1) is 17.3 Å². The minimum Gasteiger partial charge on any atom is -0.494 e. The largest absolute Gasteiger partial charge is 0.494 e. The van der Waals surface area contributed by atoms with Gasteiger partial charge in [0.2, 0.25) is 10.0 Å². The van der Waals surface area contributed by atoms with Gasteiger partial charge in [-0.05, 0) is 98.1 Å². The molecule has 48 heavy (non-hydrogen) atoms. The molecule has 1 aromatic rings. The number of sulfonamides is 1. The van der Waals surface area contributed by atoms with Crippen LogP contribution < -0.4 is 4.74 Å². The van der Waals surface area contributed by atoms with E-state index in [0.29, 0.717) is 56.1 Å². The molecule has 0 radical (unpaired) electrons. The van der Waals surface area contributed by atoms with Crippen LogP contribution in [0.25, 0.3) is 0 Å². The lowest BCUT2D eigenvalue weighted by molar-refractivity contribution is -0.354. The fourth-order valence-electron chi connectivity index (χ4n) is 8.12. The number of rotatable bonds is 12. The topological polar surface area (TPSA) is 80.8 Å². The monoisotopic (exact) mass is 707 g/mol. The second-order valence-corrected chi connectivity index (χ2v) is 16.0. The molecule has 0 heterocycles. The Bertz CT molecular complexity index is 1590. The first kappa shape index (κ1) is 36.5. The maximum Gasteiger partial charge on any atom is 0.459 e. The van der Waals surface area contributed by atoms with Crippen molar-refractivity contribution in [3.63, 3.8) is 0 Å². The van der Waals surface area contributed by atoms with Crippen molar-refractivity contribution in [3.8, 4) is 5.75 Å². The molecule has 0 saturated heterocycles. The van der Waals surface area contributed by atoms with E-state index < -0.39 is 45.8 Å². The van der Waals surface area contributed by atoms with Crippen LogP contribution >= 0.6 is 0 Å². The average Bonchev–Trinajstić information content (AvgIpc) is 3.31. The number of allylic oxidation sites excluding steroid dienone is 4. The summed E-state index contributed by atoms with van der Waals surface area (Å²) in [5, 5.41) is 0. The van der Waals surface area contributed by atoms with Gasteiger partial charge in [-0.1, -0.05) is 24.6 Å². The second-order valence-electron chi connectivity index (χ2n) is 13.8. The Kier molecular flexibility index (Phi) is 10.0. The van der Waals surface area contributed by atoms with E-state index in [4.69, 9.17) is 4.74 Å². The van der Waals surface area contributed by atoms with Crippen molar-refractivity contribution in [2.45, 2.75) is 95.1 Å². The van der Waals surface area contributed by atoms with Crippen LogP contribution in [0.4, 0.5) is 30.7 Å². The number of benzene rings is 1. The fourth-order valence-corrected chi connectivity index (χ4v) is 9.36. The Morgan fingerprint density at radius 1 is 0.917 bits per heavy atom. The molecular formula is C34H40F7NO5S. The van der Waals surface area contributed by atoms with Crippen molar-refractivity contribution in [1.82, 2.24) is 4.31 Å². The maximum absolute atomic E-state index is 13.7. The number of hydrogen-bond donors (Lipinski definition) is 0. The van der Waals surface area contributed by atoms with Gasteiger partial charge in [0, 0.05) is 31.2 Å². The van der Waals surface area contributed by atoms with Crippen molar-refractivity contribution in [3.05, 3.63) is 52.6 Å². The van der Waals surface area contributed by atoms with E-state index in [1.807, 2.05) is 24.3 Å². The van der Waals surface area contributed by atoms with Gasteiger partial charge in [0.05, 0.1) is 18.9 Å². The molecule has 0 spiro atoms. The van der Waals surface area contributed by atoms with Crippen LogP contribution in [0.5, 0.6) is 5.75 Å². The Labute approximate surface area is 275 Å². The molecule has 0 bridgehead atoms. The normalized spacial score (nSPS) is 26.7. The summed E-state index contributed by atoms with van der Waals surface area (Å²) in [6.07, 6.45) is 1.08. The van der Waals surface area contributed by atoms with Gasteiger partial charge in [0.1, 0.15) is 11.5 Å². The summed E-state index contributed by atoms with van der Waals surface area (Å²) in [6.45, 7) is -0.00327. The summed E-state index contributed by atoms with van der Waals surface area (Å²) in [4.78, 5) is 25.3. The summed E-state index contributed by atoms with van der Waals surface area (Å²) in [5.41, 5.74) is 4.48. The second kappa shape index (κ2) is 13.2. The quantitative estimate of drug-likeness (QED) is 0.164. The van der Waals surface area contributed by atoms with Gasteiger partial charge >= 0.3 is 18.0 Å². The first-order chi connectivity index (χ1) is 22.3. The zero-order valence-corrected chi connectivity index (χ0v) is 27.7. The Morgan fingerprint density at radius 3 is 2.27 bits per heavy atom. The molecule has 0 amide bonds. The van der Waals surface area contributed by atoms with E-state index in [-0.39, 0.29) is 35.5 Å². The summed E-state index contributed by atoms with van der Waals surface area (Å²) in [7, 11) is -3.98. The van der Waals surface area contributed by atoms with Gasteiger partial charge in [-0.3, -0.25) is 9.59 Å². The zero-order chi connectivity index (χ0) is 35.3. The highest BCUT2D eigenvalue weighted by atomic mass is 32.2. The zero-order valence-electron chi connectivity index (χ0n) is 26.9. The third-order valence-corrected chi connectivity index (χ3v) is 12.6. The summed E-state index contributed by atoms with van der Waals surface area (Å²) >= 11 is 0. The van der Waals surface area contributed by atoms with Crippen molar-refractivity contribution in [2.75, 3.05) is 26.0 Å². The maximum atomic E-state index is 13.7. The first-order valence-electron chi connectivity index (χ1n) is 16.3. The molecule has 1 aromatic carbocycles. The van der Waals surface area contributed by atoms with Gasteiger partial charge in [0.25, 0.3) is 0 Å². The molecule has 0 aliphatic heterocycles. The number of alkyl halides is 7. The summed E-state index contributed by atoms with van der Waals surface area (Å²) in [5.74, 6) is -11.0. The number of ketones is 2. The highest BCUT2D eigenvalue weighted by Gasteiger charge is 2.73. The Hall–Kier alpha value is -2.74. The molecule has 4 atom stereocenters. The molecule has 266 valence electrons. The number of carbonyl (C=O) groups excluding carboxylic acids is 2. The van der Waals surface area contributed by atoms with Crippen molar-refractivity contribution >= 4 is 21.6 Å². The highest BCUT2D eigenvalue weighted by Crippen LogP contribution is 2.62. The van der Waals surface area contributed by atoms with Crippen LogP contribution in [-0.2, 0) is 19.6 Å². The minimum absolute atomic E-state index is 0.0407. The van der Waals surface area contributed by atoms with Gasteiger partial charge in [-0.15, -0.1) is 0 Å². The van der Waals surface area contributed by atoms with E-state index in [1.165, 1.54) is 11.1 Å². The SMILES string of the molecule is CN(CC(F)(F)C(F)(F)C(F)(F)F)S(=O)(=O)CCCCCOc1ccc([C@H]2C[C@]3(C)C(=O)CC[C@H]3[C@@H]3CCC4=CC(=O)CCC4=C32)cc1. The van der Waals surface area contributed by atoms with Gasteiger partial charge in [-0.25, -0.2) is 8.42 Å². The van der Waals surface area contributed by atoms with Crippen LogP contribution in [0.1, 0.15) is 82.6 Å². The van der Waals surface area contributed by atoms with Gasteiger partial charge in [-0.2, -0.15) is 35.0 Å². The van der Waals surface area contributed by atoms with E-state index in [2.05, 4.69) is 6.92 Å². The Morgan fingerprint density at radius 2 is 1.60 bits per heavy atom. The number of Topliss-reactive ketones (excluding diaryl/α,β-unsaturated/α-hetero) is 1. The number of ether oxygens (including phenoxy) is 1. The smallest absolute Gasteiger partial charge is 0.459 e. The molecule has 0 N–H and O–H groups in total. The molecule has 5 rings (SSSR count). The number of carbonyl (C=O) groups is 2. The lowest BCUT2D eigenvalue weighted by atomic mass is 9.53. The van der Waals surface area contributed by atoms with Crippen molar-refractivity contribution in [1.29, 1.82) is 0 Å². The Balaban J connectivity index is 1.16. The van der Waals surface area contributed by atoms with E-state index in [9.17, 15) is 48.7 Å². The minimum atomic E-state index is -6.54. The first-order valence-corrected chi connectivity index (χ1v) is 17.9. The highest BCUT2D eigenvalue weighted by molar-refractivity contribution is 7.89. The predicted molar refractivity (Wildman–Crippen MR) is 163 cm³/mol. The van der Waals surface area contributed by atoms with Crippen LogP contribution in [0.15, 0.2) is 47.1 Å². The van der Waals surface area contributed by atoms with Crippen LogP contribution in [0.3, 0.4) is 0 Å². The summed E-state index contributed by atoms with van der Waals surface area (Å²) in [6, 6.07) is 7.64. The average molecular weight is 708 g/mol. The number of nitrogens with zero attached hydrogens (tertiary/aromatic N) is 1. The molecular weight excluding hydrogens is 667 g/mol. The van der Waals surface area contributed by atoms with Crippen molar-refractivity contribution in [2.24, 2.45) is 17.3 Å². The number of halogens is 7. The lowest BCUT2D eigenvalue weighted by Gasteiger charge is -2.50. The summed E-state index contributed by atoms with van der Waals surface area (Å²) < 4.78 is 121. The molecule has 4 aliphatic rings. The number of fused-ring (bicyclic) bond motifs is 4. The van der Waals surface area contributed by atoms with Gasteiger partial charge in [0.15, 0.2) is 5.78 Å². The predicted octanol–water partition coefficient (Wildman–Crippen LogP) is 7.80. The third-order valence-electron chi connectivity index (χ3n) is 10.8. The molecule has 14 heteroatoms. The van der Waals surface area contributed by atoms with Crippen LogP contribution in [0.2, 0.25) is 0 Å². The molecule has 0 unspecified atom stereocenters. The number of unbranched alkanes of at least 4 members (excludes halogenated alkanes) is 2. The number of hydrogen-bond acceptors (Lipinski definition) is 5. The lowest BCUT2D eigenvalue weighted by Crippen LogP contribution is -2.57. The van der Waals surface area contributed by atoms with E-state index >= 15 is 0 Å². The van der Waals surface area contributed by atoms with Crippen LogP contribution in [-0.4, -0.2) is 68.3 Å². The van der Waals surface area contributed by atoms with Gasteiger partial charge < -0.3 is 4.74 Å². The van der Waals surface area contributed by atoms with Crippen molar-refractivity contribution < 1.29 is 53.5 Å². The van der Waals surface area contributed by atoms with E-state index in [0.717, 1.165) is 36.8 Å². The molecule has 0 aromatic heterocycles. The molecule has 2 saturated carbocycles. The molecule has 6 nitrogen and oxygen atoms in total. The van der Waals surface area contributed by atoms with E-state index in [1.54, 1.807) is 6.08 Å². The standard InChI is InChI=1S/C34H40F7NO5S/c1-31-19-27(30-25-13-9-23(43)18-22(25)8-12-26(30)28(31)14-15-29(31)44)21-6-10-24(11-7-21)47-16-4-3-5-17-48(45,46)42(2)20-32(35,36)33(37,38)34(39,40)41/h6-7,10-11,18,26-28H,3-5,8-9,12-17,19-20H2,1-2H3/t26-,27+,28-,31-/m0/s1.